The Labute approximate surface area is 380 Å². The van der Waals surface area contributed by atoms with Crippen molar-refractivity contribution < 1.29 is 38.9 Å². The molecule has 4 atom stereocenters. The van der Waals surface area contributed by atoms with E-state index in [4.69, 9.17) is 4.74 Å². The average Bonchev–Trinajstić information content (AvgIpc) is 3.65. The smallest absolute Gasteiger partial charge is 0.410 e. The van der Waals surface area contributed by atoms with Gasteiger partial charge in [-0.05, 0) is 70.8 Å². The van der Waals surface area contributed by atoms with Crippen LogP contribution in [-0.4, -0.2) is 77.5 Å². The molecule has 0 unspecified atom stereocenters. The van der Waals surface area contributed by atoms with E-state index in [0.29, 0.717) is 12.8 Å². The maximum Gasteiger partial charge on any atom is 0.410 e. The Morgan fingerprint density at radius 1 is 0.523 bits per heavy atom. The van der Waals surface area contributed by atoms with Gasteiger partial charge in [-0.1, -0.05) is 170 Å². The molecule has 1 amide bonds. The van der Waals surface area contributed by atoms with Crippen molar-refractivity contribution in [3.05, 3.63) is 203 Å². The zero-order valence-corrected chi connectivity index (χ0v) is 36.8. The third kappa shape index (κ3) is 13.2. The summed E-state index contributed by atoms with van der Waals surface area (Å²) in [5.41, 5.74) is 8.18. The Bertz CT molecular complexity index is 2450. The number of carboxylic acid groups (broad SMARTS) is 2. The van der Waals surface area contributed by atoms with Crippen LogP contribution >= 0.6 is 0 Å². The molecule has 3 N–H and O–H groups in total. The van der Waals surface area contributed by atoms with Gasteiger partial charge in [0.15, 0.2) is 11.6 Å². The second kappa shape index (κ2) is 23.5. The SMILES string of the molecule is CN(C(=O)OCC1c2ccccc2-c2ccccc21)[C@@H](Cc1ccccc1)C(=O)C[C@@H](Cc1ccccc1)C(=O)O.CN[C@@H](Cc1ccccc1)C(=O)C[C@@H](Cc1ccccc1)C(=O)O. The summed E-state index contributed by atoms with van der Waals surface area (Å²) >= 11 is 0. The van der Waals surface area contributed by atoms with E-state index in [2.05, 4.69) is 29.6 Å². The van der Waals surface area contributed by atoms with Crippen molar-refractivity contribution in [3.63, 3.8) is 0 Å². The minimum atomic E-state index is -1.04. The molecule has 0 fully saturated rings. The molecule has 65 heavy (non-hydrogen) atoms. The number of carbonyl (C=O) groups excluding carboxylic acids is 3. The van der Waals surface area contributed by atoms with Crippen molar-refractivity contribution in [1.82, 2.24) is 10.2 Å². The fourth-order valence-electron chi connectivity index (χ4n) is 8.41. The molecular formula is C55H56N2O8. The highest BCUT2D eigenvalue weighted by Gasteiger charge is 2.34. The molecular weight excluding hydrogens is 817 g/mol. The number of carboxylic acids is 2. The van der Waals surface area contributed by atoms with Crippen LogP contribution in [0.15, 0.2) is 170 Å². The van der Waals surface area contributed by atoms with Crippen LogP contribution in [0.1, 0.15) is 52.1 Å². The van der Waals surface area contributed by atoms with Gasteiger partial charge in [-0.3, -0.25) is 19.2 Å². The van der Waals surface area contributed by atoms with Crippen molar-refractivity contribution in [3.8, 4) is 11.1 Å². The largest absolute Gasteiger partial charge is 0.481 e. The third-order valence-corrected chi connectivity index (χ3v) is 12.0. The van der Waals surface area contributed by atoms with E-state index in [-0.39, 0.29) is 55.8 Å². The highest BCUT2D eigenvalue weighted by molar-refractivity contribution is 5.91. The molecule has 6 aromatic carbocycles. The Morgan fingerprint density at radius 2 is 0.892 bits per heavy atom. The number of aliphatic carboxylic acids is 2. The molecule has 1 aliphatic carbocycles. The normalized spacial score (nSPS) is 13.4. The zero-order chi connectivity index (χ0) is 46.1. The van der Waals surface area contributed by atoms with Gasteiger partial charge in [-0.2, -0.15) is 0 Å². The van der Waals surface area contributed by atoms with Gasteiger partial charge in [0.1, 0.15) is 6.61 Å². The van der Waals surface area contributed by atoms with E-state index in [1.54, 1.807) is 14.1 Å². The number of ether oxygens (including phenoxy) is 1. The monoisotopic (exact) mass is 872 g/mol. The van der Waals surface area contributed by atoms with Crippen molar-refractivity contribution >= 4 is 29.6 Å². The van der Waals surface area contributed by atoms with Gasteiger partial charge in [-0.25, -0.2) is 4.79 Å². The Kier molecular flexibility index (Phi) is 17.1. The second-order valence-corrected chi connectivity index (χ2v) is 16.4. The second-order valence-electron chi connectivity index (χ2n) is 16.4. The summed E-state index contributed by atoms with van der Waals surface area (Å²) in [4.78, 5) is 64.6. The summed E-state index contributed by atoms with van der Waals surface area (Å²) in [6, 6.07) is 52.8. The summed E-state index contributed by atoms with van der Waals surface area (Å²) < 4.78 is 5.84. The number of carbonyl (C=O) groups is 5. The van der Waals surface area contributed by atoms with Crippen LogP contribution in [0, 0.1) is 11.8 Å². The number of nitrogens with one attached hydrogen (secondary N) is 1. The zero-order valence-electron chi connectivity index (χ0n) is 36.8. The molecule has 10 nitrogen and oxygen atoms in total. The van der Waals surface area contributed by atoms with Crippen molar-refractivity contribution in [2.45, 2.75) is 56.5 Å². The molecule has 334 valence electrons. The van der Waals surface area contributed by atoms with Crippen molar-refractivity contribution in [2.75, 3.05) is 20.7 Å². The lowest BCUT2D eigenvalue weighted by atomic mass is 9.90. The number of rotatable bonds is 20. The lowest BCUT2D eigenvalue weighted by Crippen LogP contribution is -2.45. The molecule has 0 radical (unpaired) electrons. The number of amides is 1. The number of hydrogen-bond acceptors (Lipinski definition) is 7. The lowest BCUT2D eigenvalue weighted by molar-refractivity contribution is -0.144. The summed E-state index contributed by atoms with van der Waals surface area (Å²) in [5.74, 6) is -4.06. The molecule has 0 heterocycles. The van der Waals surface area contributed by atoms with Crippen LogP contribution in [-0.2, 0) is 49.6 Å². The Balaban J connectivity index is 0.000000248. The third-order valence-electron chi connectivity index (χ3n) is 12.0. The van der Waals surface area contributed by atoms with Crippen molar-refractivity contribution in [2.24, 2.45) is 11.8 Å². The molecule has 0 aromatic heterocycles. The molecule has 10 heteroatoms. The topological polar surface area (TPSA) is 150 Å². The maximum absolute atomic E-state index is 13.7. The molecule has 0 saturated heterocycles. The van der Waals surface area contributed by atoms with Gasteiger partial charge in [0.2, 0.25) is 0 Å². The van der Waals surface area contributed by atoms with E-state index < -0.39 is 35.9 Å². The summed E-state index contributed by atoms with van der Waals surface area (Å²) in [6.07, 6.45) is 0.645. The molecule has 0 bridgehead atoms. The fourth-order valence-corrected chi connectivity index (χ4v) is 8.41. The van der Waals surface area contributed by atoms with Crippen LogP contribution in [0.5, 0.6) is 0 Å². The van der Waals surface area contributed by atoms with E-state index in [9.17, 15) is 34.2 Å². The molecule has 6 aromatic rings. The van der Waals surface area contributed by atoms with Gasteiger partial charge in [0.25, 0.3) is 0 Å². The lowest BCUT2D eigenvalue weighted by Gasteiger charge is -2.28. The fraction of sp³-hybridized carbons (Fsp3) is 0.255. The van der Waals surface area contributed by atoms with Gasteiger partial charge < -0.3 is 25.2 Å². The standard InChI is InChI=1S/C35H33NO5.C20H23NO3/c1-36(35(40)41-23-31-29-18-10-8-16-27(29)28-17-9-11-19-30(28)31)32(21-25-14-6-3-7-15-25)33(37)22-26(34(38)39)20-24-12-4-2-5-13-24;1-21-18(13-16-10-6-3-7-11-16)19(22)14-17(20(23)24)12-15-8-4-2-5-9-15/h2-19,26,31-32H,20-23H2,1H3,(H,38,39);2-11,17-18,21H,12-14H2,1H3,(H,23,24)/t26-,32+;17-,18+/m11/s1. The Morgan fingerprint density at radius 3 is 1.31 bits per heavy atom. The van der Waals surface area contributed by atoms with E-state index >= 15 is 0 Å². The van der Waals surface area contributed by atoms with E-state index in [1.165, 1.54) is 4.90 Å². The first-order valence-electron chi connectivity index (χ1n) is 21.9. The summed E-state index contributed by atoms with van der Waals surface area (Å²) in [6.45, 7) is 0.134. The van der Waals surface area contributed by atoms with Crippen LogP contribution in [0.25, 0.3) is 11.1 Å². The highest BCUT2D eigenvalue weighted by atomic mass is 16.6. The van der Waals surface area contributed by atoms with Crippen molar-refractivity contribution in [1.29, 1.82) is 0 Å². The van der Waals surface area contributed by atoms with Crippen LogP contribution in [0.3, 0.4) is 0 Å². The first kappa shape index (κ1) is 47.3. The van der Waals surface area contributed by atoms with E-state index in [0.717, 1.165) is 44.5 Å². The summed E-state index contributed by atoms with van der Waals surface area (Å²) in [7, 11) is 3.29. The number of fused-ring (bicyclic) bond motifs is 3. The van der Waals surface area contributed by atoms with Gasteiger partial charge in [-0.15, -0.1) is 0 Å². The quantitative estimate of drug-likeness (QED) is 0.0683. The average molecular weight is 873 g/mol. The van der Waals surface area contributed by atoms with Crippen LogP contribution in [0.2, 0.25) is 0 Å². The molecule has 7 rings (SSSR count). The minimum Gasteiger partial charge on any atom is -0.481 e. The minimum absolute atomic E-state index is 0.0303. The van der Waals surface area contributed by atoms with Gasteiger partial charge in [0, 0.05) is 32.2 Å². The predicted molar refractivity (Wildman–Crippen MR) is 252 cm³/mol. The predicted octanol–water partition coefficient (Wildman–Crippen LogP) is 9.10. The van der Waals surface area contributed by atoms with Crippen LogP contribution < -0.4 is 5.32 Å². The van der Waals surface area contributed by atoms with E-state index in [1.807, 2.05) is 146 Å². The van der Waals surface area contributed by atoms with Gasteiger partial charge >= 0.3 is 18.0 Å². The Hall–Kier alpha value is -7.17. The molecule has 0 saturated carbocycles. The number of nitrogens with zero attached hydrogens (tertiary/aromatic N) is 1. The molecule has 0 spiro atoms. The number of Topliss-reactive ketones (excluding diaryl/α,β-unsaturated/α-hetero) is 2. The van der Waals surface area contributed by atoms with Crippen LogP contribution in [0.4, 0.5) is 4.79 Å². The first-order chi connectivity index (χ1) is 31.5. The molecule has 1 aliphatic rings. The first-order valence-corrected chi connectivity index (χ1v) is 21.9. The maximum atomic E-state index is 13.7. The van der Waals surface area contributed by atoms with Gasteiger partial charge in [0.05, 0.1) is 23.9 Å². The number of benzene rings is 6. The number of likely N-dealkylation sites (N-methyl/N-ethyl adjacent to an activating group) is 2. The molecule has 0 aliphatic heterocycles. The number of hydrogen-bond donors (Lipinski definition) is 3. The summed E-state index contributed by atoms with van der Waals surface area (Å²) in [5, 5.41) is 22.4. The number of ketones is 2. The highest BCUT2D eigenvalue weighted by Crippen LogP contribution is 2.44.